The van der Waals surface area contributed by atoms with Crippen molar-refractivity contribution in [3.05, 3.63) is 35.9 Å². The van der Waals surface area contributed by atoms with Crippen molar-refractivity contribution in [2.24, 2.45) is 0 Å². The topological polar surface area (TPSA) is 70.1 Å². The third-order valence-electron chi connectivity index (χ3n) is 4.70. The highest BCUT2D eigenvalue weighted by molar-refractivity contribution is 5.96. The molecule has 2 aliphatic heterocycles. The molecule has 0 spiro atoms. The molecule has 3 rings (SSSR count). The van der Waals surface area contributed by atoms with Crippen molar-refractivity contribution < 1.29 is 19.4 Å². The minimum absolute atomic E-state index is 0.196. The van der Waals surface area contributed by atoms with Crippen LogP contribution in [0.25, 0.3) is 0 Å². The van der Waals surface area contributed by atoms with Crippen molar-refractivity contribution in [1.82, 2.24) is 9.80 Å². The Morgan fingerprint density at radius 3 is 2.43 bits per heavy atom. The van der Waals surface area contributed by atoms with E-state index >= 15 is 0 Å². The number of carbonyl (C=O) groups excluding carboxylic acids is 1. The third-order valence-corrected chi connectivity index (χ3v) is 4.70. The number of amides is 1. The number of benzene rings is 1. The lowest BCUT2D eigenvalue weighted by molar-refractivity contribution is -0.144. The maximum absolute atomic E-state index is 12.6. The first-order valence-corrected chi connectivity index (χ1v) is 8.07. The maximum Gasteiger partial charge on any atom is 0.326 e. The molecule has 2 aliphatic rings. The summed E-state index contributed by atoms with van der Waals surface area (Å²) in [6, 6.07) is 8.34. The predicted molar refractivity (Wildman–Crippen MR) is 84.3 cm³/mol. The molecule has 1 N–H and O–H groups in total. The van der Waals surface area contributed by atoms with E-state index in [0.717, 1.165) is 19.5 Å². The van der Waals surface area contributed by atoms with Crippen LogP contribution in [0.15, 0.2) is 30.3 Å². The minimum atomic E-state index is -0.924. The molecule has 6 heteroatoms. The van der Waals surface area contributed by atoms with Crippen molar-refractivity contribution in [2.75, 3.05) is 32.8 Å². The molecule has 2 fully saturated rings. The van der Waals surface area contributed by atoms with Gasteiger partial charge in [-0.2, -0.15) is 0 Å². The average Bonchev–Trinajstić information content (AvgIpc) is 2.62. The number of carboxylic acids is 1. The van der Waals surface area contributed by atoms with E-state index in [0.29, 0.717) is 31.7 Å². The first-order valence-electron chi connectivity index (χ1n) is 8.07. The lowest BCUT2D eigenvalue weighted by Gasteiger charge is -2.43. The van der Waals surface area contributed by atoms with Gasteiger partial charge in [-0.05, 0) is 25.0 Å². The number of carboxylic acid groups (broad SMARTS) is 1. The van der Waals surface area contributed by atoms with Gasteiger partial charge in [0.15, 0.2) is 0 Å². The number of ether oxygens (including phenoxy) is 1. The van der Waals surface area contributed by atoms with Gasteiger partial charge < -0.3 is 14.7 Å². The van der Waals surface area contributed by atoms with Crippen LogP contribution in [0.5, 0.6) is 0 Å². The van der Waals surface area contributed by atoms with Gasteiger partial charge in [-0.1, -0.05) is 18.2 Å². The van der Waals surface area contributed by atoms with Crippen LogP contribution in [0, 0.1) is 0 Å². The Morgan fingerprint density at radius 1 is 1.09 bits per heavy atom. The van der Waals surface area contributed by atoms with E-state index in [1.54, 1.807) is 24.3 Å². The Kier molecular flexibility index (Phi) is 4.93. The fourth-order valence-corrected chi connectivity index (χ4v) is 3.44. The fraction of sp³-hybridized carbons (Fsp3) is 0.529. The van der Waals surface area contributed by atoms with Crippen LogP contribution in [0.1, 0.15) is 23.2 Å². The Bertz CT molecular complexity index is 557. The normalized spacial score (nSPS) is 26.0. The first-order chi connectivity index (χ1) is 11.2. The number of likely N-dealkylation sites (tertiary alicyclic amines) is 1. The molecule has 0 aliphatic carbocycles. The van der Waals surface area contributed by atoms with Crippen LogP contribution in [0.4, 0.5) is 0 Å². The number of morpholine rings is 1. The molecule has 1 aromatic carbocycles. The van der Waals surface area contributed by atoms with E-state index in [4.69, 9.17) is 4.74 Å². The lowest BCUT2D eigenvalue weighted by Crippen LogP contribution is -2.56. The molecule has 124 valence electrons. The molecular formula is C17H22N2O4. The number of piperidine rings is 1. The fourth-order valence-electron chi connectivity index (χ4n) is 3.44. The van der Waals surface area contributed by atoms with E-state index < -0.39 is 12.0 Å². The van der Waals surface area contributed by atoms with Gasteiger partial charge in [0.25, 0.3) is 5.91 Å². The molecule has 6 nitrogen and oxygen atoms in total. The van der Waals surface area contributed by atoms with Gasteiger partial charge in [0.05, 0.1) is 13.2 Å². The van der Waals surface area contributed by atoms with Crippen LogP contribution in [0.3, 0.4) is 0 Å². The number of carbonyl (C=O) groups is 2. The second-order valence-corrected chi connectivity index (χ2v) is 6.05. The number of rotatable bonds is 3. The molecule has 2 unspecified atom stereocenters. The molecule has 0 saturated carbocycles. The largest absolute Gasteiger partial charge is 0.480 e. The van der Waals surface area contributed by atoms with Crippen molar-refractivity contribution in [3.8, 4) is 0 Å². The molecular weight excluding hydrogens is 296 g/mol. The summed E-state index contributed by atoms with van der Waals surface area (Å²) in [5.74, 6) is -1.12. The van der Waals surface area contributed by atoms with Crippen molar-refractivity contribution in [1.29, 1.82) is 0 Å². The molecule has 2 saturated heterocycles. The quantitative estimate of drug-likeness (QED) is 0.903. The van der Waals surface area contributed by atoms with Gasteiger partial charge in [-0.3, -0.25) is 9.69 Å². The smallest absolute Gasteiger partial charge is 0.326 e. The van der Waals surface area contributed by atoms with Gasteiger partial charge >= 0.3 is 5.97 Å². The van der Waals surface area contributed by atoms with Crippen LogP contribution >= 0.6 is 0 Å². The molecule has 0 aromatic heterocycles. The second-order valence-electron chi connectivity index (χ2n) is 6.05. The zero-order chi connectivity index (χ0) is 16.2. The number of hydrogen-bond donors (Lipinski definition) is 1. The van der Waals surface area contributed by atoms with E-state index in [-0.39, 0.29) is 11.9 Å². The van der Waals surface area contributed by atoms with E-state index in [9.17, 15) is 14.7 Å². The predicted octanol–water partition coefficient (Wildman–Crippen LogP) is 1.08. The van der Waals surface area contributed by atoms with Crippen LogP contribution in [-0.2, 0) is 9.53 Å². The average molecular weight is 318 g/mol. The number of nitrogens with zero attached hydrogens (tertiary/aromatic N) is 2. The minimum Gasteiger partial charge on any atom is -0.480 e. The Labute approximate surface area is 135 Å². The van der Waals surface area contributed by atoms with Crippen molar-refractivity contribution >= 4 is 11.9 Å². The van der Waals surface area contributed by atoms with Gasteiger partial charge in [-0.15, -0.1) is 0 Å². The summed E-state index contributed by atoms with van der Waals surface area (Å²) >= 11 is 0. The summed E-state index contributed by atoms with van der Waals surface area (Å²) in [5.41, 5.74) is 0.545. The number of hydrogen-bond acceptors (Lipinski definition) is 4. The Hall–Kier alpha value is -1.92. The molecule has 23 heavy (non-hydrogen) atoms. The van der Waals surface area contributed by atoms with Crippen LogP contribution in [0.2, 0.25) is 0 Å². The molecule has 2 heterocycles. The van der Waals surface area contributed by atoms with Gasteiger partial charge in [0, 0.05) is 31.2 Å². The standard InChI is InChI=1S/C17H22N2O4/c20-16(13-4-2-1-3-5-13)19-7-6-14(12-15(19)17(21)22)18-8-10-23-11-9-18/h1-5,14-15H,6-12H2,(H,21,22). The summed E-state index contributed by atoms with van der Waals surface area (Å²) < 4.78 is 5.36. The van der Waals surface area contributed by atoms with E-state index in [1.165, 1.54) is 4.90 Å². The van der Waals surface area contributed by atoms with Gasteiger partial charge in [0.2, 0.25) is 0 Å². The van der Waals surface area contributed by atoms with Crippen LogP contribution in [-0.4, -0.2) is 71.7 Å². The van der Waals surface area contributed by atoms with Crippen molar-refractivity contribution in [2.45, 2.75) is 24.9 Å². The Balaban J connectivity index is 1.72. The van der Waals surface area contributed by atoms with Gasteiger partial charge in [-0.25, -0.2) is 4.79 Å². The zero-order valence-electron chi connectivity index (χ0n) is 13.1. The third kappa shape index (κ3) is 3.54. The summed E-state index contributed by atoms with van der Waals surface area (Å²) in [7, 11) is 0. The highest BCUT2D eigenvalue weighted by Gasteiger charge is 2.38. The summed E-state index contributed by atoms with van der Waals surface area (Å²) in [4.78, 5) is 28.1. The molecule has 1 aromatic rings. The first kappa shape index (κ1) is 16.0. The highest BCUT2D eigenvalue weighted by Crippen LogP contribution is 2.24. The maximum atomic E-state index is 12.6. The SMILES string of the molecule is O=C(O)C1CC(N2CCOCC2)CCN1C(=O)c1ccccc1. The molecule has 1 amide bonds. The highest BCUT2D eigenvalue weighted by atomic mass is 16.5. The van der Waals surface area contributed by atoms with Crippen molar-refractivity contribution in [3.63, 3.8) is 0 Å². The second kappa shape index (κ2) is 7.10. The van der Waals surface area contributed by atoms with Gasteiger partial charge in [0.1, 0.15) is 6.04 Å². The molecule has 0 bridgehead atoms. The Morgan fingerprint density at radius 2 is 1.78 bits per heavy atom. The zero-order valence-corrected chi connectivity index (χ0v) is 13.1. The van der Waals surface area contributed by atoms with Crippen LogP contribution < -0.4 is 0 Å². The monoisotopic (exact) mass is 318 g/mol. The molecule has 0 radical (unpaired) electrons. The summed E-state index contributed by atoms with van der Waals surface area (Å²) in [6.45, 7) is 3.54. The van der Waals surface area contributed by atoms with E-state index in [1.807, 2.05) is 6.07 Å². The van der Waals surface area contributed by atoms with E-state index in [2.05, 4.69) is 4.90 Å². The summed E-state index contributed by atoms with van der Waals surface area (Å²) in [6.07, 6.45) is 1.29. The number of aliphatic carboxylic acids is 1. The molecule has 2 atom stereocenters. The lowest BCUT2D eigenvalue weighted by atomic mass is 9.94. The summed E-state index contributed by atoms with van der Waals surface area (Å²) in [5, 5.41) is 9.58.